The Bertz CT molecular complexity index is 6.00. The molecule has 0 N–H and O–H groups in total. The minimum Gasteiger partial charge on any atom is -0.283 e. The van der Waals surface area contributed by atoms with Gasteiger partial charge < -0.3 is 0 Å². The Balaban J connectivity index is 0. The molecule has 2 heteroatoms. The van der Waals surface area contributed by atoms with Crippen molar-refractivity contribution in [2.24, 2.45) is 0 Å². The number of rotatable bonds is 0. The molecule has 0 bridgehead atoms. The minimum absolute atomic E-state index is 0. The van der Waals surface area contributed by atoms with Gasteiger partial charge in [-0.1, -0.05) is 7.43 Å². The van der Waals surface area contributed by atoms with E-state index in [4.69, 9.17) is 0 Å². The second-order valence-electron chi connectivity index (χ2n) is 0.154. The molecule has 0 atom stereocenters. The highest BCUT2D eigenvalue weighted by molar-refractivity contribution is 6.07. The van der Waals surface area contributed by atoms with E-state index in [-0.39, 0.29) is 7.43 Å². The van der Waals surface area contributed by atoms with Gasteiger partial charge in [-0.2, -0.15) is 0 Å². The maximum atomic E-state index is 4.50. The van der Waals surface area contributed by atoms with Gasteiger partial charge in [0.1, 0.15) is 0 Å². The van der Waals surface area contributed by atoms with Crippen LogP contribution in [0.3, 0.4) is 0 Å². The van der Waals surface area contributed by atoms with Crippen molar-refractivity contribution in [1.29, 1.82) is 0 Å². The van der Waals surface area contributed by atoms with Crippen LogP contribution in [0.5, 0.6) is 0 Å². The number of halogens is 1. The molecule has 0 spiro atoms. The zero-order valence-corrected chi connectivity index (χ0v) is 2.54. The van der Waals surface area contributed by atoms with Crippen molar-refractivity contribution in [3.8, 4) is 0 Å². The van der Waals surface area contributed by atoms with Crippen LogP contribution in [0, 0.1) is 0 Å². The van der Waals surface area contributed by atoms with Gasteiger partial charge in [0, 0.05) is 0 Å². The van der Waals surface area contributed by atoms with Crippen LogP contribution in [0.2, 0.25) is 0 Å². The van der Waals surface area contributed by atoms with E-state index in [1.807, 2.05) is 0 Å². The van der Waals surface area contributed by atoms with Crippen molar-refractivity contribution >= 4 is 11.9 Å². The summed E-state index contributed by atoms with van der Waals surface area (Å²) in [6.45, 7) is 0. The molecule has 0 aliphatic rings. The zero-order chi connectivity index (χ0) is 2.71. The third kappa shape index (κ3) is 56.3. The lowest BCUT2D eigenvalue weighted by Crippen LogP contribution is -1.39. The largest absolute Gasteiger partial charge is 0.283 e. The zero-order valence-electron chi connectivity index (χ0n) is 1.79. The molecule has 0 aromatic heterocycles. The Morgan fingerprint density at radius 1 is 1.75 bits per heavy atom. The van der Waals surface area contributed by atoms with Gasteiger partial charge in [0.25, 0.3) is 0 Å². The molecule has 0 saturated carbocycles. The van der Waals surface area contributed by atoms with Crippen LogP contribution in [0.25, 0.3) is 0 Å². The summed E-state index contributed by atoms with van der Waals surface area (Å²) in [7, 11) is 1.39. The first-order chi connectivity index (χ1) is 1.41. The highest BCUT2D eigenvalue weighted by Crippen LogP contribution is 1.59. The fourth-order valence-electron chi connectivity index (χ4n) is 0. The molecule has 0 aromatic carbocycles. The summed E-state index contributed by atoms with van der Waals surface area (Å²) >= 11 is 4.50. The highest BCUT2D eigenvalue weighted by atomic mass is 35.5. The van der Waals surface area contributed by atoms with Crippen molar-refractivity contribution in [2.45, 2.75) is 7.43 Å². The average molecular weight is 82.5 g/mol. The van der Waals surface area contributed by atoms with Crippen LogP contribution in [-0.4, -0.2) is 7.11 Å². The van der Waals surface area contributed by atoms with E-state index < -0.39 is 0 Å². The molecule has 0 radical (unpaired) electrons. The normalized spacial score (nSPS) is 4.50. The van der Waals surface area contributed by atoms with E-state index in [0.29, 0.717) is 0 Å². The molecule has 0 amide bonds. The lowest BCUT2D eigenvalue weighted by atomic mass is 11.8. The van der Waals surface area contributed by atoms with Crippen molar-refractivity contribution < 1.29 is 4.29 Å². The second kappa shape index (κ2) is 10.5. The summed E-state index contributed by atoms with van der Waals surface area (Å²) in [6, 6.07) is 0. The monoisotopic (exact) mass is 82.0 g/mol. The second-order valence-corrected chi connectivity index (χ2v) is 0.463. The molecule has 0 aliphatic heterocycles. The van der Waals surface area contributed by atoms with Gasteiger partial charge in [0.05, 0.1) is 19.0 Å². The topological polar surface area (TPSA) is 9.23 Å². The van der Waals surface area contributed by atoms with E-state index >= 15 is 0 Å². The molecule has 0 unspecified atom stereocenters. The first kappa shape index (κ1) is 8.87. The quantitative estimate of drug-likeness (QED) is 0.430. The Labute approximate surface area is 31.7 Å². The van der Waals surface area contributed by atoms with Crippen LogP contribution in [0.4, 0.5) is 0 Å². The minimum atomic E-state index is 0. The molecule has 0 rings (SSSR count). The Hall–Kier alpha value is 0.250. The van der Waals surface area contributed by atoms with Gasteiger partial charge in [0.2, 0.25) is 0 Å². The van der Waals surface area contributed by atoms with Gasteiger partial charge >= 0.3 is 0 Å². The molecule has 4 heavy (non-hydrogen) atoms. The number of hydrogen-bond donors (Lipinski definition) is 0. The van der Waals surface area contributed by atoms with Gasteiger partial charge in [-0.05, 0) is 0 Å². The summed E-state index contributed by atoms with van der Waals surface area (Å²) in [4.78, 5) is 0. The van der Waals surface area contributed by atoms with Gasteiger partial charge in [-0.15, -0.1) is 0 Å². The Morgan fingerprint density at radius 2 is 1.75 bits per heavy atom. The fraction of sp³-hybridized carbons (Fsp3) is 1.00. The molecule has 0 aliphatic carbocycles. The third-order valence-corrected chi connectivity index (χ3v) is 0. The fourth-order valence-corrected chi connectivity index (χ4v) is 0. The standard InChI is InChI=1S/CH3ClO.CH4/c1-3-2;/h1H3;1H4. The summed E-state index contributed by atoms with van der Waals surface area (Å²) in [6.07, 6.45) is 0. The maximum absolute atomic E-state index is 4.50. The van der Waals surface area contributed by atoms with Crippen LogP contribution < -0.4 is 0 Å². The van der Waals surface area contributed by atoms with Crippen LogP contribution >= 0.6 is 11.9 Å². The lowest BCUT2D eigenvalue weighted by Gasteiger charge is -1.54. The molecule has 0 saturated heterocycles. The molecule has 0 heterocycles. The summed E-state index contributed by atoms with van der Waals surface area (Å²) in [5, 5.41) is 0. The van der Waals surface area contributed by atoms with Gasteiger partial charge in [0.15, 0.2) is 0 Å². The van der Waals surface area contributed by atoms with E-state index in [2.05, 4.69) is 16.2 Å². The average Bonchev–Trinajstić information content (AvgIpc) is 0.918. The van der Waals surface area contributed by atoms with Crippen molar-refractivity contribution in [1.82, 2.24) is 0 Å². The predicted octanol–water partition coefficient (Wildman–Crippen LogP) is 1.42. The molecule has 0 fully saturated rings. The third-order valence-electron chi connectivity index (χ3n) is 0. The van der Waals surface area contributed by atoms with Crippen LogP contribution in [0.1, 0.15) is 7.43 Å². The summed E-state index contributed by atoms with van der Waals surface area (Å²) in [5.74, 6) is 0. The summed E-state index contributed by atoms with van der Waals surface area (Å²) in [5.41, 5.74) is 0. The Kier molecular flexibility index (Phi) is 23.3. The first-order valence-electron chi connectivity index (χ1n) is 0.563. The molecule has 0 aromatic rings. The Morgan fingerprint density at radius 3 is 1.75 bits per heavy atom. The molecular formula is C2H7ClO. The predicted molar refractivity (Wildman–Crippen MR) is 19.6 cm³/mol. The summed E-state index contributed by atoms with van der Waals surface area (Å²) < 4.78 is 3.72. The van der Waals surface area contributed by atoms with Crippen molar-refractivity contribution in [3.63, 3.8) is 0 Å². The van der Waals surface area contributed by atoms with E-state index in [1.54, 1.807) is 0 Å². The van der Waals surface area contributed by atoms with Crippen LogP contribution in [-0.2, 0) is 4.29 Å². The van der Waals surface area contributed by atoms with Crippen molar-refractivity contribution in [2.75, 3.05) is 7.11 Å². The van der Waals surface area contributed by atoms with E-state index in [9.17, 15) is 0 Å². The van der Waals surface area contributed by atoms with Gasteiger partial charge in [-0.25, -0.2) is 0 Å². The van der Waals surface area contributed by atoms with E-state index in [1.165, 1.54) is 7.11 Å². The highest BCUT2D eigenvalue weighted by Gasteiger charge is 1.31. The first-order valence-corrected chi connectivity index (χ1v) is 0.871. The maximum Gasteiger partial charge on any atom is 0.0606 e. The molecule has 1 nitrogen and oxygen atoms in total. The van der Waals surface area contributed by atoms with Crippen LogP contribution in [0.15, 0.2) is 0 Å². The lowest BCUT2D eigenvalue weighted by molar-refractivity contribution is 0.463. The molecular weight excluding hydrogens is 75.5 g/mol. The SMILES string of the molecule is C.COCl. The smallest absolute Gasteiger partial charge is 0.0606 e. The van der Waals surface area contributed by atoms with Crippen molar-refractivity contribution in [3.05, 3.63) is 0 Å². The number of hydrogen-bond acceptors (Lipinski definition) is 1. The van der Waals surface area contributed by atoms with E-state index in [0.717, 1.165) is 0 Å². The van der Waals surface area contributed by atoms with Gasteiger partial charge in [-0.3, -0.25) is 4.29 Å². The molecule has 28 valence electrons.